The molecule has 0 radical (unpaired) electrons. The van der Waals surface area contributed by atoms with E-state index in [0.29, 0.717) is 0 Å². The maximum atomic E-state index is 12.4. The summed E-state index contributed by atoms with van der Waals surface area (Å²) < 4.78 is 0. The first-order chi connectivity index (χ1) is 10.4. The molecule has 122 valence electrons. The van der Waals surface area contributed by atoms with Gasteiger partial charge in [-0.25, -0.2) is 0 Å². The first kappa shape index (κ1) is 17.0. The number of nitrogens with zero attached hydrogens (tertiary/aromatic N) is 2. The molecule has 1 atom stereocenters. The van der Waals surface area contributed by atoms with Crippen LogP contribution in [0.4, 0.5) is 0 Å². The Morgan fingerprint density at radius 3 is 2.27 bits per heavy atom. The molecule has 1 heterocycles. The second-order valence-corrected chi connectivity index (χ2v) is 7.25. The second-order valence-electron chi connectivity index (χ2n) is 7.25. The molecule has 0 bridgehead atoms. The molecule has 0 saturated carbocycles. The van der Waals surface area contributed by atoms with Crippen LogP contribution in [0, 0.1) is 5.41 Å². The third-order valence-electron chi connectivity index (χ3n) is 4.44. The fraction of sp³-hybridized carbons (Fsp3) is 0.611. The number of benzene rings is 1. The van der Waals surface area contributed by atoms with Gasteiger partial charge in [0, 0.05) is 32.7 Å². The molecule has 0 unspecified atom stereocenters. The van der Waals surface area contributed by atoms with Gasteiger partial charge in [0.15, 0.2) is 0 Å². The van der Waals surface area contributed by atoms with Crippen LogP contribution in [-0.2, 0) is 11.2 Å². The van der Waals surface area contributed by atoms with Gasteiger partial charge in [-0.15, -0.1) is 0 Å². The van der Waals surface area contributed by atoms with Crippen molar-refractivity contribution in [2.45, 2.75) is 33.2 Å². The summed E-state index contributed by atoms with van der Waals surface area (Å²) in [4.78, 5) is 16.8. The van der Waals surface area contributed by atoms with Crippen LogP contribution in [0.1, 0.15) is 26.3 Å². The molecule has 2 N–H and O–H groups in total. The van der Waals surface area contributed by atoms with Gasteiger partial charge in [0.05, 0.1) is 6.04 Å². The van der Waals surface area contributed by atoms with Crippen LogP contribution in [0.3, 0.4) is 0 Å². The molecule has 4 nitrogen and oxygen atoms in total. The Kier molecular flexibility index (Phi) is 5.59. The number of hydrogen-bond acceptors (Lipinski definition) is 3. The predicted molar refractivity (Wildman–Crippen MR) is 90.6 cm³/mol. The van der Waals surface area contributed by atoms with Crippen LogP contribution < -0.4 is 5.73 Å². The predicted octanol–water partition coefficient (Wildman–Crippen LogP) is 1.75. The van der Waals surface area contributed by atoms with Crippen molar-refractivity contribution in [3.8, 4) is 0 Å². The first-order valence-electron chi connectivity index (χ1n) is 8.18. The van der Waals surface area contributed by atoms with Crippen LogP contribution in [0.15, 0.2) is 30.3 Å². The minimum atomic E-state index is -0.414. The van der Waals surface area contributed by atoms with Gasteiger partial charge in [-0.1, -0.05) is 51.1 Å². The molecule has 1 aliphatic heterocycles. The molecule has 1 amide bonds. The van der Waals surface area contributed by atoms with Gasteiger partial charge >= 0.3 is 0 Å². The molecule has 1 aromatic rings. The van der Waals surface area contributed by atoms with Crippen LogP contribution >= 0.6 is 0 Å². The van der Waals surface area contributed by atoms with Gasteiger partial charge in [-0.3, -0.25) is 9.69 Å². The summed E-state index contributed by atoms with van der Waals surface area (Å²) in [6, 6.07) is 10.1. The Bertz CT molecular complexity index is 473. The molecule has 1 saturated heterocycles. The minimum Gasteiger partial charge on any atom is -0.339 e. The van der Waals surface area contributed by atoms with Crippen molar-refractivity contribution >= 4 is 5.91 Å². The molecule has 0 aliphatic carbocycles. The van der Waals surface area contributed by atoms with Gasteiger partial charge in [0.2, 0.25) is 5.91 Å². The lowest BCUT2D eigenvalue weighted by atomic mass is 9.86. The Balaban J connectivity index is 1.77. The van der Waals surface area contributed by atoms with Crippen LogP contribution in [0.25, 0.3) is 0 Å². The number of nitrogens with two attached hydrogens (primary N) is 1. The van der Waals surface area contributed by atoms with Crippen molar-refractivity contribution in [1.82, 2.24) is 9.80 Å². The largest absolute Gasteiger partial charge is 0.339 e. The Hall–Kier alpha value is -1.39. The standard InChI is InChI=1S/C18H29N3O/c1-18(2,3)16(19)17(22)21-13-11-20(12-14-21)10-9-15-7-5-4-6-8-15/h4-8,16H,9-14,19H2,1-3H3/t16-/m1/s1. The molecular formula is C18H29N3O. The maximum Gasteiger partial charge on any atom is 0.240 e. The summed E-state index contributed by atoms with van der Waals surface area (Å²) in [6.07, 6.45) is 1.07. The highest BCUT2D eigenvalue weighted by Gasteiger charge is 2.32. The molecule has 1 fully saturated rings. The third kappa shape index (κ3) is 4.55. The van der Waals surface area contributed by atoms with E-state index in [2.05, 4.69) is 29.2 Å². The van der Waals surface area contributed by atoms with Crippen molar-refractivity contribution in [2.24, 2.45) is 11.1 Å². The molecular weight excluding hydrogens is 274 g/mol. The zero-order valence-electron chi connectivity index (χ0n) is 14.1. The van der Waals surface area contributed by atoms with Gasteiger partial charge in [0.25, 0.3) is 0 Å². The molecule has 0 aromatic heterocycles. The topological polar surface area (TPSA) is 49.6 Å². The Labute approximate surface area is 134 Å². The molecule has 22 heavy (non-hydrogen) atoms. The van der Waals surface area contributed by atoms with E-state index in [-0.39, 0.29) is 11.3 Å². The maximum absolute atomic E-state index is 12.4. The lowest BCUT2D eigenvalue weighted by Crippen LogP contribution is -2.56. The number of hydrogen-bond donors (Lipinski definition) is 1. The van der Waals surface area contributed by atoms with Crippen molar-refractivity contribution in [2.75, 3.05) is 32.7 Å². The highest BCUT2D eigenvalue weighted by Crippen LogP contribution is 2.19. The summed E-state index contributed by atoms with van der Waals surface area (Å²) in [5, 5.41) is 0. The Morgan fingerprint density at radius 2 is 1.73 bits per heavy atom. The number of rotatable bonds is 4. The number of carbonyl (C=O) groups is 1. The zero-order chi connectivity index (χ0) is 16.2. The molecule has 1 aromatic carbocycles. The van der Waals surface area contributed by atoms with E-state index in [1.807, 2.05) is 31.7 Å². The van der Waals surface area contributed by atoms with Gasteiger partial charge < -0.3 is 10.6 Å². The average Bonchev–Trinajstić information content (AvgIpc) is 2.52. The lowest BCUT2D eigenvalue weighted by Gasteiger charge is -2.38. The summed E-state index contributed by atoms with van der Waals surface area (Å²) in [5.74, 6) is 0.0928. The highest BCUT2D eigenvalue weighted by atomic mass is 16.2. The SMILES string of the molecule is CC(C)(C)[C@H](N)C(=O)N1CCN(CCc2ccccc2)CC1. The van der Waals surface area contributed by atoms with Gasteiger partial charge in [0.1, 0.15) is 0 Å². The van der Waals surface area contributed by atoms with Crippen LogP contribution in [-0.4, -0.2) is 54.5 Å². The minimum absolute atomic E-state index is 0.0928. The fourth-order valence-electron chi connectivity index (χ4n) is 2.69. The lowest BCUT2D eigenvalue weighted by molar-refractivity contribution is -0.136. The highest BCUT2D eigenvalue weighted by molar-refractivity contribution is 5.82. The normalized spacial score (nSPS) is 18.3. The monoisotopic (exact) mass is 303 g/mol. The number of amides is 1. The number of piperazine rings is 1. The van der Waals surface area contributed by atoms with Crippen molar-refractivity contribution in [3.05, 3.63) is 35.9 Å². The molecule has 4 heteroatoms. The smallest absolute Gasteiger partial charge is 0.240 e. The van der Waals surface area contributed by atoms with Gasteiger partial charge in [-0.2, -0.15) is 0 Å². The quantitative estimate of drug-likeness (QED) is 0.922. The van der Waals surface area contributed by atoms with Crippen molar-refractivity contribution in [3.63, 3.8) is 0 Å². The molecule has 1 aliphatic rings. The Morgan fingerprint density at radius 1 is 1.14 bits per heavy atom. The first-order valence-corrected chi connectivity index (χ1v) is 8.18. The van der Waals surface area contributed by atoms with Crippen LogP contribution in [0.5, 0.6) is 0 Å². The molecule has 2 rings (SSSR count). The van der Waals surface area contributed by atoms with E-state index < -0.39 is 6.04 Å². The second kappa shape index (κ2) is 7.25. The van der Waals surface area contributed by atoms with Crippen LogP contribution in [0.2, 0.25) is 0 Å². The van der Waals surface area contributed by atoms with E-state index >= 15 is 0 Å². The van der Waals surface area contributed by atoms with Gasteiger partial charge in [-0.05, 0) is 17.4 Å². The third-order valence-corrected chi connectivity index (χ3v) is 4.44. The summed E-state index contributed by atoms with van der Waals surface area (Å²) in [5.41, 5.74) is 7.28. The van der Waals surface area contributed by atoms with E-state index in [0.717, 1.165) is 39.1 Å². The van der Waals surface area contributed by atoms with E-state index in [4.69, 9.17) is 5.73 Å². The van der Waals surface area contributed by atoms with E-state index in [1.54, 1.807) is 0 Å². The zero-order valence-corrected chi connectivity index (χ0v) is 14.1. The average molecular weight is 303 g/mol. The molecule has 0 spiro atoms. The summed E-state index contributed by atoms with van der Waals surface area (Å²) in [7, 11) is 0. The summed E-state index contributed by atoms with van der Waals surface area (Å²) in [6.45, 7) is 10.6. The fourth-order valence-corrected chi connectivity index (χ4v) is 2.69. The van der Waals surface area contributed by atoms with Crippen molar-refractivity contribution < 1.29 is 4.79 Å². The van der Waals surface area contributed by atoms with E-state index in [9.17, 15) is 4.79 Å². The number of carbonyl (C=O) groups excluding carboxylic acids is 1. The van der Waals surface area contributed by atoms with E-state index in [1.165, 1.54) is 5.56 Å². The van der Waals surface area contributed by atoms with Crippen molar-refractivity contribution in [1.29, 1.82) is 0 Å². The summed E-state index contributed by atoms with van der Waals surface area (Å²) >= 11 is 0.